The molecule has 1 heterocycles. The Balaban J connectivity index is 2.18. The van der Waals surface area contributed by atoms with Gasteiger partial charge in [0.1, 0.15) is 12.4 Å². The van der Waals surface area contributed by atoms with Gasteiger partial charge in [0.25, 0.3) is 5.91 Å². The number of ether oxygens (including phenoxy) is 1. The number of Topliss-reactive ketones (excluding diaryl/α,β-unsaturated/α-hetero) is 1. The summed E-state index contributed by atoms with van der Waals surface area (Å²) in [6, 6.07) is 4.87. The van der Waals surface area contributed by atoms with Gasteiger partial charge in [-0.15, -0.1) is 0 Å². The SMILES string of the molecule is CN1C(=O)COC(C(=O)NCC(=O)C(C)(C)C)C1c1ccc(F)cc1. The van der Waals surface area contributed by atoms with Crippen LogP contribution in [-0.4, -0.2) is 48.8 Å². The number of carbonyl (C=O) groups is 3. The molecule has 7 heteroatoms. The number of rotatable bonds is 4. The van der Waals surface area contributed by atoms with E-state index in [0.29, 0.717) is 5.56 Å². The van der Waals surface area contributed by atoms with Gasteiger partial charge in [-0.1, -0.05) is 32.9 Å². The monoisotopic (exact) mass is 350 g/mol. The minimum Gasteiger partial charge on any atom is -0.356 e. The molecule has 136 valence electrons. The van der Waals surface area contributed by atoms with E-state index in [4.69, 9.17) is 4.74 Å². The van der Waals surface area contributed by atoms with E-state index in [9.17, 15) is 18.8 Å². The zero-order chi connectivity index (χ0) is 18.8. The number of hydrogen-bond acceptors (Lipinski definition) is 4. The van der Waals surface area contributed by atoms with Crippen LogP contribution in [-0.2, 0) is 19.1 Å². The van der Waals surface area contributed by atoms with Crippen molar-refractivity contribution < 1.29 is 23.5 Å². The Labute approximate surface area is 146 Å². The number of nitrogens with zero attached hydrogens (tertiary/aromatic N) is 1. The van der Waals surface area contributed by atoms with Gasteiger partial charge in [0.2, 0.25) is 5.91 Å². The van der Waals surface area contributed by atoms with Gasteiger partial charge in [-0.05, 0) is 17.7 Å². The number of carbonyl (C=O) groups excluding carboxylic acids is 3. The number of morpholine rings is 1. The van der Waals surface area contributed by atoms with Gasteiger partial charge in [0, 0.05) is 12.5 Å². The van der Waals surface area contributed by atoms with Gasteiger partial charge in [0.05, 0.1) is 12.6 Å². The molecule has 1 aliphatic heterocycles. The Bertz CT molecular complexity index is 667. The van der Waals surface area contributed by atoms with E-state index in [1.54, 1.807) is 27.8 Å². The van der Waals surface area contributed by atoms with Gasteiger partial charge < -0.3 is 15.0 Å². The van der Waals surface area contributed by atoms with Crippen LogP contribution in [0, 0.1) is 11.2 Å². The van der Waals surface area contributed by atoms with Gasteiger partial charge in [-0.3, -0.25) is 14.4 Å². The summed E-state index contributed by atoms with van der Waals surface area (Å²) in [5.41, 5.74) is 0.0170. The number of ketones is 1. The molecule has 2 amide bonds. The number of hydrogen-bond donors (Lipinski definition) is 1. The van der Waals surface area contributed by atoms with E-state index < -0.39 is 29.3 Å². The Morgan fingerprint density at radius 3 is 2.44 bits per heavy atom. The molecule has 25 heavy (non-hydrogen) atoms. The van der Waals surface area contributed by atoms with E-state index in [-0.39, 0.29) is 24.8 Å². The summed E-state index contributed by atoms with van der Waals surface area (Å²) in [7, 11) is 1.57. The number of nitrogens with one attached hydrogen (secondary N) is 1. The van der Waals surface area contributed by atoms with Crippen LogP contribution < -0.4 is 5.32 Å². The van der Waals surface area contributed by atoms with Crippen molar-refractivity contribution in [3.8, 4) is 0 Å². The van der Waals surface area contributed by atoms with Gasteiger partial charge in [-0.2, -0.15) is 0 Å². The molecular formula is C18H23FN2O4. The molecule has 1 fully saturated rings. The molecule has 0 aromatic heterocycles. The van der Waals surface area contributed by atoms with Gasteiger partial charge in [-0.25, -0.2) is 4.39 Å². The maximum Gasteiger partial charge on any atom is 0.252 e. The molecule has 6 nitrogen and oxygen atoms in total. The summed E-state index contributed by atoms with van der Waals surface area (Å²) < 4.78 is 18.6. The Morgan fingerprint density at radius 1 is 1.28 bits per heavy atom. The third kappa shape index (κ3) is 4.42. The first-order chi connectivity index (χ1) is 11.6. The Kier molecular flexibility index (Phi) is 5.57. The van der Waals surface area contributed by atoms with Crippen molar-refractivity contribution in [3.05, 3.63) is 35.6 Å². The second kappa shape index (κ2) is 7.31. The molecule has 2 unspecified atom stereocenters. The number of likely N-dealkylation sites (N-methyl/N-ethyl adjacent to an activating group) is 1. The van der Waals surface area contributed by atoms with E-state index >= 15 is 0 Å². The van der Waals surface area contributed by atoms with Crippen LogP contribution in [0.4, 0.5) is 4.39 Å². The molecular weight excluding hydrogens is 327 g/mol. The van der Waals surface area contributed by atoms with Crippen molar-refractivity contribution in [2.75, 3.05) is 20.2 Å². The van der Waals surface area contributed by atoms with E-state index in [0.717, 1.165) is 0 Å². The van der Waals surface area contributed by atoms with Crippen molar-refractivity contribution in [1.29, 1.82) is 0 Å². The molecule has 1 aromatic rings. The first-order valence-electron chi connectivity index (χ1n) is 8.05. The average molecular weight is 350 g/mol. The van der Waals surface area contributed by atoms with E-state index in [1.165, 1.54) is 29.2 Å². The van der Waals surface area contributed by atoms with Crippen molar-refractivity contribution in [3.63, 3.8) is 0 Å². The molecule has 1 saturated heterocycles. The Morgan fingerprint density at radius 2 is 1.88 bits per heavy atom. The molecule has 0 saturated carbocycles. The van der Waals surface area contributed by atoms with Crippen LogP contribution in [0.5, 0.6) is 0 Å². The first-order valence-corrected chi connectivity index (χ1v) is 8.05. The fourth-order valence-electron chi connectivity index (χ4n) is 2.52. The molecule has 0 aliphatic carbocycles. The number of halogens is 1. The molecule has 0 spiro atoms. The zero-order valence-corrected chi connectivity index (χ0v) is 14.8. The minimum absolute atomic E-state index is 0.112. The van der Waals surface area contributed by atoms with Crippen molar-refractivity contribution in [2.24, 2.45) is 5.41 Å². The molecule has 1 N–H and O–H groups in total. The standard InChI is InChI=1S/C18H23FN2O4/c1-18(2,3)13(22)9-20-17(24)16-15(21(4)14(23)10-25-16)11-5-7-12(19)8-6-11/h5-8,15-16H,9-10H2,1-4H3,(H,20,24). The number of benzene rings is 1. The van der Waals surface area contributed by atoms with Gasteiger partial charge >= 0.3 is 0 Å². The maximum absolute atomic E-state index is 13.2. The summed E-state index contributed by atoms with van der Waals surface area (Å²) in [5, 5.41) is 2.58. The fourth-order valence-corrected chi connectivity index (χ4v) is 2.52. The summed E-state index contributed by atoms with van der Waals surface area (Å²) in [6.07, 6.45) is -0.971. The highest BCUT2D eigenvalue weighted by Crippen LogP contribution is 2.29. The van der Waals surface area contributed by atoms with Crippen LogP contribution in [0.2, 0.25) is 0 Å². The van der Waals surface area contributed by atoms with Crippen LogP contribution in [0.15, 0.2) is 24.3 Å². The average Bonchev–Trinajstić information content (AvgIpc) is 2.54. The first kappa shape index (κ1) is 19.1. The van der Waals surface area contributed by atoms with E-state index in [1.807, 2.05) is 0 Å². The molecule has 2 atom stereocenters. The molecule has 2 rings (SSSR count). The van der Waals surface area contributed by atoms with Crippen molar-refractivity contribution in [1.82, 2.24) is 10.2 Å². The molecule has 0 radical (unpaired) electrons. The van der Waals surface area contributed by atoms with Crippen LogP contribution in [0.25, 0.3) is 0 Å². The van der Waals surface area contributed by atoms with Crippen LogP contribution in [0.1, 0.15) is 32.4 Å². The van der Waals surface area contributed by atoms with Crippen molar-refractivity contribution >= 4 is 17.6 Å². The second-order valence-corrected chi connectivity index (χ2v) is 7.12. The van der Waals surface area contributed by atoms with Crippen LogP contribution >= 0.6 is 0 Å². The Hall–Kier alpha value is -2.28. The lowest BCUT2D eigenvalue weighted by molar-refractivity contribution is -0.162. The third-order valence-corrected chi connectivity index (χ3v) is 4.21. The molecule has 1 aromatic carbocycles. The lowest BCUT2D eigenvalue weighted by atomic mass is 9.90. The normalized spacial score (nSPS) is 21.2. The minimum atomic E-state index is -0.971. The molecule has 0 bridgehead atoms. The van der Waals surface area contributed by atoms with Gasteiger partial charge in [0.15, 0.2) is 11.9 Å². The van der Waals surface area contributed by atoms with E-state index in [2.05, 4.69) is 5.32 Å². The summed E-state index contributed by atoms with van der Waals surface area (Å²) >= 11 is 0. The summed E-state index contributed by atoms with van der Waals surface area (Å²) in [5.74, 6) is -1.28. The third-order valence-electron chi connectivity index (χ3n) is 4.21. The van der Waals surface area contributed by atoms with Crippen molar-refractivity contribution in [2.45, 2.75) is 32.9 Å². The second-order valence-electron chi connectivity index (χ2n) is 7.12. The summed E-state index contributed by atoms with van der Waals surface area (Å²) in [4.78, 5) is 37.9. The highest BCUT2D eigenvalue weighted by Gasteiger charge is 2.40. The zero-order valence-electron chi connectivity index (χ0n) is 14.8. The predicted molar refractivity (Wildman–Crippen MR) is 89.1 cm³/mol. The lowest BCUT2D eigenvalue weighted by Gasteiger charge is -2.38. The molecule has 1 aliphatic rings. The predicted octanol–water partition coefficient (Wildman–Crippen LogP) is 1.46. The lowest BCUT2D eigenvalue weighted by Crippen LogP contribution is -2.53. The fraction of sp³-hybridized carbons (Fsp3) is 0.500. The smallest absolute Gasteiger partial charge is 0.252 e. The topological polar surface area (TPSA) is 75.7 Å². The quantitative estimate of drug-likeness (QED) is 0.892. The summed E-state index contributed by atoms with van der Waals surface area (Å²) in [6.45, 7) is 4.97. The highest BCUT2D eigenvalue weighted by molar-refractivity contribution is 5.92. The van der Waals surface area contributed by atoms with Crippen LogP contribution in [0.3, 0.4) is 0 Å². The number of amides is 2. The maximum atomic E-state index is 13.2. The largest absolute Gasteiger partial charge is 0.356 e. The highest BCUT2D eigenvalue weighted by atomic mass is 19.1.